The molecule has 4 heteroatoms. The number of benzene rings is 1. The van der Waals surface area contributed by atoms with Gasteiger partial charge in [0, 0.05) is 17.1 Å². The van der Waals surface area contributed by atoms with Gasteiger partial charge in [-0.05, 0) is 37.0 Å². The predicted molar refractivity (Wildman–Crippen MR) is 73.3 cm³/mol. The van der Waals surface area contributed by atoms with Crippen LogP contribution in [0.4, 0.5) is 4.39 Å². The normalized spacial score (nSPS) is 14.8. The minimum atomic E-state index is -0.336. The van der Waals surface area contributed by atoms with Crippen LogP contribution in [0.3, 0.4) is 0 Å². The van der Waals surface area contributed by atoms with Gasteiger partial charge in [0.05, 0.1) is 6.61 Å². The fourth-order valence-corrected chi connectivity index (χ4v) is 2.39. The van der Waals surface area contributed by atoms with E-state index in [1.165, 1.54) is 12.1 Å². The molecule has 0 spiro atoms. The molecule has 18 heavy (non-hydrogen) atoms. The Bertz CT molecular complexity index is 384. The molecule has 0 radical (unpaired) electrons. The van der Waals surface area contributed by atoms with Crippen LogP contribution >= 0.6 is 11.6 Å². The van der Waals surface area contributed by atoms with Crippen molar-refractivity contribution in [1.82, 2.24) is 5.32 Å². The highest BCUT2D eigenvalue weighted by Gasteiger charge is 2.16. The summed E-state index contributed by atoms with van der Waals surface area (Å²) in [6, 6.07) is 4.40. The number of rotatable bonds is 6. The van der Waals surface area contributed by atoms with E-state index in [2.05, 4.69) is 19.2 Å². The standard InChI is InChI=1S/C14H21ClFNO/c1-9(2)6-12(8-18)17-10(3)13-5-4-11(16)7-14(13)15/h4-5,7,9-10,12,17-18H,6,8H2,1-3H3. The molecular weight excluding hydrogens is 253 g/mol. The first-order valence-electron chi connectivity index (χ1n) is 6.26. The second kappa shape index (κ2) is 7.07. The van der Waals surface area contributed by atoms with Gasteiger partial charge in [-0.1, -0.05) is 31.5 Å². The lowest BCUT2D eigenvalue weighted by Crippen LogP contribution is -2.35. The van der Waals surface area contributed by atoms with Crippen LogP contribution in [0, 0.1) is 11.7 Å². The van der Waals surface area contributed by atoms with Crippen LogP contribution < -0.4 is 5.32 Å². The van der Waals surface area contributed by atoms with Crippen LogP contribution in [-0.2, 0) is 0 Å². The number of aliphatic hydroxyl groups excluding tert-OH is 1. The lowest BCUT2D eigenvalue weighted by molar-refractivity contribution is 0.215. The summed E-state index contributed by atoms with van der Waals surface area (Å²) < 4.78 is 13.0. The van der Waals surface area contributed by atoms with Crippen molar-refractivity contribution in [2.45, 2.75) is 39.3 Å². The highest BCUT2D eigenvalue weighted by molar-refractivity contribution is 6.31. The van der Waals surface area contributed by atoms with E-state index in [0.717, 1.165) is 12.0 Å². The first kappa shape index (κ1) is 15.4. The second-order valence-electron chi connectivity index (χ2n) is 5.06. The zero-order valence-electron chi connectivity index (χ0n) is 11.1. The fourth-order valence-electron chi connectivity index (χ4n) is 2.06. The molecule has 2 N–H and O–H groups in total. The molecule has 1 aromatic carbocycles. The van der Waals surface area contributed by atoms with E-state index in [1.54, 1.807) is 6.07 Å². The zero-order valence-corrected chi connectivity index (χ0v) is 11.8. The number of halogens is 2. The zero-order chi connectivity index (χ0) is 13.7. The molecule has 0 saturated heterocycles. The van der Waals surface area contributed by atoms with Crippen molar-refractivity contribution in [1.29, 1.82) is 0 Å². The molecule has 0 saturated carbocycles. The van der Waals surface area contributed by atoms with Gasteiger partial charge in [0.15, 0.2) is 0 Å². The maximum Gasteiger partial charge on any atom is 0.124 e. The van der Waals surface area contributed by atoms with Gasteiger partial charge in [0.25, 0.3) is 0 Å². The summed E-state index contributed by atoms with van der Waals surface area (Å²) in [5.74, 6) is 0.169. The Morgan fingerprint density at radius 1 is 1.33 bits per heavy atom. The lowest BCUT2D eigenvalue weighted by atomic mass is 10.0. The van der Waals surface area contributed by atoms with Gasteiger partial charge >= 0.3 is 0 Å². The van der Waals surface area contributed by atoms with Gasteiger partial charge in [0.2, 0.25) is 0 Å². The summed E-state index contributed by atoms with van der Waals surface area (Å²) in [6.45, 7) is 6.27. The van der Waals surface area contributed by atoms with Crippen molar-refractivity contribution < 1.29 is 9.50 Å². The largest absolute Gasteiger partial charge is 0.395 e. The Balaban J connectivity index is 2.71. The topological polar surface area (TPSA) is 32.3 Å². The predicted octanol–water partition coefficient (Wildman–Crippen LogP) is 3.54. The summed E-state index contributed by atoms with van der Waals surface area (Å²) >= 11 is 6.01. The van der Waals surface area contributed by atoms with Crippen molar-refractivity contribution in [3.05, 3.63) is 34.6 Å². The van der Waals surface area contributed by atoms with Crippen molar-refractivity contribution >= 4 is 11.6 Å². The van der Waals surface area contributed by atoms with Crippen LogP contribution in [0.5, 0.6) is 0 Å². The fraction of sp³-hybridized carbons (Fsp3) is 0.571. The molecule has 2 unspecified atom stereocenters. The molecule has 0 bridgehead atoms. The van der Waals surface area contributed by atoms with Crippen LogP contribution in [-0.4, -0.2) is 17.8 Å². The highest BCUT2D eigenvalue weighted by atomic mass is 35.5. The van der Waals surface area contributed by atoms with Gasteiger partial charge < -0.3 is 10.4 Å². The first-order chi connectivity index (χ1) is 8.43. The molecule has 102 valence electrons. The van der Waals surface area contributed by atoms with E-state index in [-0.39, 0.29) is 24.5 Å². The third-order valence-corrected chi connectivity index (χ3v) is 3.22. The van der Waals surface area contributed by atoms with Gasteiger partial charge in [-0.15, -0.1) is 0 Å². The van der Waals surface area contributed by atoms with Gasteiger partial charge in [-0.3, -0.25) is 0 Å². The monoisotopic (exact) mass is 273 g/mol. The van der Waals surface area contributed by atoms with Gasteiger partial charge in [-0.2, -0.15) is 0 Å². The minimum Gasteiger partial charge on any atom is -0.395 e. The Hall–Kier alpha value is -0.640. The van der Waals surface area contributed by atoms with E-state index >= 15 is 0 Å². The Morgan fingerprint density at radius 3 is 2.50 bits per heavy atom. The smallest absolute Gasteiger partial charge is 0.124 e. The van der Waals surface area contributed by atoms with Crippen molar-refractivity contribution in [2.75, 3.05) is 6.61 Å². The minimum absolute atomic E-state index is 0.0194. The number of hydrogen-bond acceptors (Lipinski definition) is 2. The highest BCUT2D eigenvalue weighted by Crippen LogP contribution is 2.24. The molecule has 1 rings (SSSR count). The summed E-state index contributed by atoms with van der Waals surface area (Å²) in [5, 5.41) is 13.1. The van der Waals surface area contributed by atoms with E-state index < -0.39 is 0 Å². The number of hydrogen-bond donors (Lipinski definition) is 2. The van der Waals surface area contributed by atoms with E-state index in [0.29, 0.717) is 10.9 Å². The van der Waals surface area contributed by atoms with Gasteiger partial charge in [0.1, 0.15) is 5.82 Å². The van der Waals surface area contributed by atoms with Crippen LogP contribution in [0.1, 0.15) is 38.8 Å². The molecule has 0 aliphatic rings. The summed E-state index contributed by atoms with van der Waals surface area (Å²) in [4.78, 5) is 0. The maximum atomic E-state index is 13.0. The van der Waals surface area contributed by atoms with E-state index in [1.807, 2.05) is 6.92 Å². The second-order valence-corrected chi connectivity index (χ2v) is 5.47. The van der Waals surface area contributed by atoms with Crippen molar-refractivity contribution in [3.63, 3.8) is 0 Å². The number of aliphatic hydroxyl groups is 1. The van der Waals surface area contributed by atoms with Crippen LogP contribution in [0.2, 0.25) is 5.02 Å². The average Bonchev–Trinajstić information content (AvgIpc) is 2.27. The van der Waals surface area contributed by atoms with Crippen molar-refractivity contribution in [3.8, 4) is 0 Å². The molecule has 0 aliphatic heterocycles. The van der Waals surface area contributed by atoms with Crippen molar-refractivity contribution in [2.24, 2.45) is 5.92 Å². The summed E-state index contributed by atoms with van der Waals surface area (Å²) in [6.07, 6.45) is 0.889. The van der Waals surface area contributed by atoms with E-state index in [4.69, 9.17) is 11.6 Å². The summed E-state index contributed by atoms with van der Waals surface area (Å²) in [7, 11) is 0. The Kier molecular flexibility index (Phi) is 6.06. The molecule has 0 amide bonds. The molecule has 2 nitrogen and oxygen atoms in total. The molecular formula is C14H21ClFNO. The SMILES string of the molecule is CC(C)CC(CO)NC(C)c1ccc(F)cc1Cl. The van der Waals surface area contributed by atoms with Crippen LogP contribution in [0.15, 0.2) is 18.2 Å². The maximum absolute atomic E-state index is 13.0. The quantitative estimate of drug-likeness (QED) is 0.831. The molecule has 2 atom stereocenters. The summed E-state index contributed by atoms with van der Waals surface area (Å²) in [5.41, 5.74) is 0.847. The Labute approximate surface area is 113 Å². The lowest BCUT2D eigenvalue weighted by Gasteiger charge is -2.24. The third-order valence-electron chi connectivity index (χ3n) is 2.89. The average molecular weight is 274 g/mol. The molecule has 0 aromatic heterocycles. The molecule has 0 aliphatic carbocycles. The molecule has 0 heterocycles. The molecule has 1 aromatic rings. The molecule has 0 fully saturated rings. The third kappa shape index (κ3) is 4.56. The van der Waals surface area contributed by atoms with Crippen LogP contribution in [0.25, 0.3) is 0 Å². The van der Waals surface area contributed by atoms with Gasteiger partial charge in [-0.25, -0.2) is 4.39 Å². The Morgan fingerprint density at radius 2 is 2.00 bits per heavy atom. The van der Waals surface area contributed by atoms with E-state index in [9.17, 15) is 9.50 Å². The number of nitrogens with one attached hydrogen (secondary N) is 1. The first-order valence-corrected chi connectivity index (χ1v) is 6.63.